The molecule has 0 unspecified atom stereocenters. The molecule has 0 saturated carbocycles. The predicted molar refractivity (Wildman–Crippen MR) is 292 cm³/mol. The molecule has 0 atom stereocenters. The van der Waals surface area contributed by atoms with Crippen LogP contribution in [0.5, 0.6) is 0 Å². The number of furan rings is 1. The van der Waals surface area contributed by atoms with Gasteiger partial charge in [0.15, 0.2) is 0 Å². The van der Waals surface area contributed by atoms with E-state index in [1.165, 1.54) is 54.3 Å². The van der Waals surface area contributed by atoms with Gasteiger partial charge in [-0.25, -0.2) is 0 Å². The number of nitrogens with zero attached hydrogens (tertiary/aromatic N) is 2. The summed E-state index contributed by atoms with van der Waals surface area (Å²) in [5.41, 5.74) is 15.5. The van der Waals surface area contributed by atoms with Crippen LogP contribution in [-0.4, -0.2) is 4.57 Å². The maximum atomic E-state index is 6.54. The molecule has 0 saturated heterocycles. The lowest BCUT2D eigenvalue weighted by Crippen LogP contribution is -2.11. The molecule has 14 aromatic rings. The highest BCUT2D eigenvalue weighted by molar-refractivity contribution is 6.17. The van der Waals surface area contributed by atoms with Crippen LogP contribution in [0.1, 0.15) is 0 Å². The summed E-state index contributed by atoms with van der Waals surface area (Å²) in [6.45, 7) is 0. The minimum absolute atomic E-state index is 0.889. The Morgan fingerprint density at radius 2 is 0.913 bits per heavy atom. The molecule has 0 aliphatic rings. The largest absolute Gasteiger partial charge is 0.455 e. The highest BCUT2D eigenvalue weighted by Gasteiger charge is 2.21. The van der Waals surface area contributed by atoms with Crippen molar-refractivity contribution in [1.82, 2.24) is 4.57 Å². The van der Waals surface area contributed by atoms with E-state index < -0.39 is 0 Å². The molecule has 0 fully saturated rings. The number of fused-ring (bicyclic) bond motifs is 11. The number of para-hydroxylation sites is 3. The van der Waals surface area contributed by atoms with E-state index in [1.54, 1.807) is 0 Å². The maximum Gasteiger partial charge on any atom is 0.143 e. The van der Waals surface area contributed by atoms with Crippen LogP contribution in [0, 0.1) is 0 Å². The van der Waals surface area contributed by atoms with Gasteiger partial charge in [0.05, 0.1) is 16.7 Å². The normalized spacial score (nSPS) is 11.8. The second-order valence-corrected chi connectivity index (χ2v) is 18.0. The second-order valence-electron chi connectivity index (χ2n) is 18.0. The van der Waals surface area contributed by atoms with Crippen LogP contribution < -0.4 is 4.90 Å². The number of hydrogen-bond donors (Lipinski definition) is 0. The Balaban J connectivity index is 0.922. The number of aromatic nitrogens is 1. The summed E-state index contributed by atoms with van der Waals surface area (Å²) in [5, 5.41) is 12.0. The first kappa shape index (κ1) is 39.0. The molecule has 322 valence electrons. The molecule has 12 aromatic carbocycles. The third-order valence-electron chi connectivity index (χ3n) is 14.1. The monoisotopic (exact) mass is 878 g/mol. The van der Waals surface area contributed by atoms with Gasteiger partial charge in [0.1, 0.15) is 11.2 Å². The third-order valence-corrected chi connectivity index (χ3v) is 14.1. The smallest absolute Gasteiger partial charge is 0.143 e. The quantitative estimate of drug-likeness (QED) is 0.149. The van der Waals surface area contributed by atoms with Crippen LogP contribution in [0.4, 0.5) is 17.1 Å². The maximum absolute atomic E-state index is 6.54. The summed E-state index contributed by atoms with van der Waals surface area (Å²) in [7, 11) is 0. The van der Waals surface area contributed by atoms with E-state index in [1.807, 2.05) is 0 Å². The molecule has 2 heterocycles. The number of anilines is 3. The molecule has 3 heteroatoms. The lowest BCUT2D eigenvalue weighted by atomic mass is 9.92. The summed E-state index contributed by atoms with van der Waals surface area (Å²) in [6, 6.07) is 92.6. The minimum atomic E-state index is 0.889. The van der Waals surface area contributed by atoms with E-state index in [0.717, 1.165) is 77.9 Å². The fourth-order valence-electron chi connectivity index (χ4n) is 10.9. The van der Waals surface area contributed by atoms with Crippen molar-refractivity contribution >= 4 is 93.1 Å². The van der Waals surface area contributed by atoms with E-state index >= 15 is 0 Å². The van der Waals surface area contributed by atoms with Gasteiger partial charge in [-0.2, -0.15) is 0 Å². The highest BCUT2D eigenvalue weighted by Crippen LogP contribution is 2.46. The predicted octanol–water partition coefficient (Wildman–Crippen LogP) is 18.6. The van der Waals surface area contributed by atoms with E-state index in [-0.39, 0.29) is 0 Å². The van der Waals surface area contributed by atoms with Crippen LogP contribution in [0.25, 0.3) is 115 Å². The van der Waals surface area contributed by atoms with Crippen molar-refractivity contribution in [2.75, 3.05) is 4.90 Å². The molecule has 0 aliphatic heterocycles. The first-order chi connectivity index (χ1) is 34.2. The van der Waals surface area contributed by atoms with Gasteiger partial charge >= 0.3 is 0 Å². The summed E-state index contributed by atoms with van der Waals surface area (Å²) in [5.74, 6) is 0. The molecule has 0 N–H and O–H groups in total. The molecule has 2 aromatic heterocycles. The van der Waals surface area contributed by atoms with Crippen molar-refractivity contribution in [1.29, 1.82) is 0 Å². The summed E-state index contributed by atoms with van der Waals surface area (Å²) in [4.78, 5) is 2.43. The van der Waals surface area contributed by atoms with Gasteiger partial charge < -0.3 is 13.9 Å². The standard InChI is InChI=1S/C66H42N2O/c1-4-22-53-44(15-1)33-37-59-61-41-47(34-38-65(61)69-66(53)59)46-18-14-19-50(40-46)67(62-28-10-9-27-58(62)60-42-48-16-2-3-21-52(48)54-23-5-6-24-55(54)60)49-35-31-43(32-36-49)45-17-13-20-51(39-45)68-63-29-11-7-25-56(63)57-26-8-12-30-64(57)68/h1-42H. The number of hydrogen-bond acceptors (Lipinski definition) is 2. The fraction of sp³-hybridized carbons (Fsp3) is 0. The van der Waals surface area contributed by atoms with Gasteiger partial charge in [-0.15, -0.1) is 0 Å². The zero-order valence-electron chi connectivity index (χ0n) is 37.6. The Kier molecular flexibility index (Phi) is 8.90. The lowest BCUT2D eigenvalue weighted by molar-refractivity contribution is 0.672. The zero-order chi connectivity index (χ0) is 45.4. The van der Waals surface area contributed by atoms with Gasteiger partial charge in [-0.1, -0.05) is 176 Å². The Hall–Kier alpha value is -9.18. The minimum Gasteiger partial charge on any atom is -0.455 e. The molecular weight excluding hydrogens is 837 g/mol. The Morgan fingerprint density at radius 3 is 1.71 bits per heavy atom. The molecule has 0 amide bonds. The summed E-state index contributed by atoms with van der Waals surface area (Å²) >= 11 is 0. The average Bonchev–Trinajstić information content (AvgIpc) is 3.97. The van der Waals surface area contributed by atoms with Crippen LogP contribution in [0.15, 0.2) is 259 Å². The van der Waals surface area contributed by atoms with Crippen molar-refractivity contribution in [2.24, 2.45) is 0 Å². The second kappa shape index (κ2) is 15.7. The van der Waals surface area contributed by atoms with Crippen LogP contribution >= 0.6 is 0 Å². The highest BCUT2D eigenvalue weighted by atomic mass is 16.3. The molecule has 0 spiro atoms. The molecule has 14 rings (SSSR count). The molecule has 0 bridgehead atoms. The van der Waals surface area contributed by atoms with Gasteiger partial charge in [0.2, 0.25) is 0 Å². The summed E-state index contributed by atoms with van der Waals surface area (Å²) in [6.07, 6.45) is 0. The van der Waals surface area contributed by atoms with Crippen LogP contribution in [0.2, 0.25) is 0 Å². The van der Waals surface area contributed by atoms with Crippen molar-refractivity contribution in [2.45, 2.75) is 0 Å². The third kappa shape index (κ3) is 6.36. The topological polar surface area (TPSA) is 21.3 Å². The lowest BCUT2D eigenvalue weighted by Gasteiger charge is -2.29. The zero-order valence-corrected chi connectivity index (χ0v) is 37.6. The molecule has 0 aliphatic carbocycles. The summed E-state index contributed by atoms with van der Waals surface area (Å²) < 4.78 is 8.93. The van der Waals surface area contributed by atoms with E-state index in [0.29, 0.717) is 0 Å². The van der Waals surface area contributed by atoms with E-state index in [4.69, 9.17) is 4.42 Å². The first-order valence-electron chi connectivity index (χ1n) is 23.7. The molecule has 69 heavy (non-hydrogen) atoms. The fourth-order valence-corrected chi connectivity index (χ4v) is 10.9. The van der Waals surface area contributed by atoms with Crippen molar-refractivity contribution in [3.05, 3.63) is 255 Å². The SMILES string of the molecule is c1cc(-c2ccc3oc4c5ccccc5ccc4c3c2)cc(N(c2ccc(-c3cccc(-n4c5ccccc5c5ccccc54)c3)cc2)c2ccccc2-c2cc3ccccc3c3ccccc23)c1. The van der Waals surface area contributed by atoms with Gasteiger partial charge in [0, 0.05) is 49.6 Å². The van der Waals surface area contributed by atoms with E-state index in [2.05, 4.69) is 264 Å². The van der Waals surface area contributed by atoms with Gasteiger partial charge in [0.25, 0.3) is 0 Å². The number of rotatable bonds is 7. The molecule has 0 radical (unpaired) electrons. The van der Waals surface area contributed by atoms with E-state index in [9.17, 15) is 0 Å². The first-order valence-corrected chi connectivity index (χ1v) is 23.7. The van der Waals surface area contributed by atoms with Crippen molar-refractivity contribution in [3.8, 4) is 39.1 Å². The van der Waals surface area contributed by atoms with Crippen LogP contribution in [-0.2, 0) is 0 Å². The van der Waals surface area contributed by atoms with Crippen LogP contribution in [0.3, 0.4) is 0 Å². The molecular formula is C66H42N2O. The van der Waals surface area contributed by atoms with Gasteiger partial charge in [-0.05, 0) is 134 Å². The Bertz CT molecular complexity index is 4270. The van der Waals surface area contributed by atoms with Crippen molar-refractivity contribution < 1.29 is 4.42 Å². The van der Waals surface area contributed by atoms with Gasteiger partial charge in [-0.3, -0.25) is 0 Å². The average molecular weight is 879 g/mol. The van der Waals surface area contributed by atoms with Crippen molar-refractivity contribution in [3.63, 3.8) is 0 Å². The Labute approximate surface area is 399 Å². The Morgan fingerprint density at radius 1 is 0.304 bits per heavy atom. The molecule has 3 nitrogen and oxygen atoms in total. The number of benzene rings is 12.